The normalized spacial score (nSPS) is 28.9. The third kappa shape index (κ3) is 3.94. The molecule has 0 aliphatic carbocycles. The second kappa shape index (κ2) is 6.72. The van der Waals surface area contributed by atoms with Crippen molar-refractivity contribution in [3.8, 4) is 0 Å². The minimum Gasteiger partial charge on any atom is -0.328 e. The van der Waals surface area contributed by atoms with E-state index in [-0.39, 0.29) is 0 Å². The van der Waals surface area contributed by atoms with E-state index in [1.807, 2.05) is 0 Å². The highest BCUT2D eigenvalue weighted by atomic mass is 15.3. The van der Waals surface area contributed by atoms with Crippen molar-refractivity contribution < 1.29 is 0 Å². The van der Waals surface area contributed by atoms with Gasteiger partial charge in [0, 0.05) is 18.6 Å². The van der Waals surface area contributed by atoms with E-state index < -0.39 is 0 Å². The van der Waals surface area contributed by atoms with E-state index in [9.17, 15) is 0 Å². The van der Waals surface area contributed by atoms with E-state index in [0.717, 1.165) is 6.04 Å². The predicted molar refractivity (Wildman–Crippen MR) is 73.2 cm³/mol. The molecule has 3 nitrogen and oxygen atoms in total. The van der Waals surface area contributed by atoms with Crippen LogP contribution in [-0.4, -0.2) is 54.6 Å². The highest BCUT2D eigenvalue weighted by molar-refractivity contribution is 4.85. The van der Waals surface area contributed by atoms with Gasteiger partial charge in [0.2, 0.25) is 0 Å². The van der Waals surface area contributed by atoms with Crippen LogP contribution in [0.1, 0.15) is 45.4 Å². The summed E-state index contributed by atoms with van der Waals surface area (Å²) in [6.45, 7) is 8.70. The monoisotopic (exact) mass is 239 g/mol. The SMILES string of the molecule is CCCC(N)CCN1CCC(N2CCCC2)C1. The Morgan fingerprint density at radius 2 is 1.94 bits per heavy atom. The second-order valence-electron chi connectivity index (χ2n) is 5.82. The third-order valence-corrected chi connectivity index (χ3v) is 4.38. The van der Waals surface area contributed by atoms with Gasteiger partial charge < -0.3 is 10.6 Å². The molecule has 0 radical (unpaired) electrons. The van der Waals surface area contributed by atoms with Crippen LogP contribution in [0.25, 0.3) is 0 Å². The molecule has 2 N–H and O–H groups in total. The highest BCUT2D eigenvalue weighted by Crippen LogP contribution is 2.20. The van der Waals surface area contributed by atoms with Gasteiger partial charge in [0.25, 0.3) is 0 Å². The molecule has 0 aromatic carbocycles. The van der Waals surface area contributed by atoms with E-state index >= 15 is 0 Å². The van der Waals surface area contributed by atoms with Crippen LogP contribution in [0.2, 0.25) is 0 Å². The highest BCUT2D eigenvalue weighted by Gasteiger charge is 2.28. The van der Waals surface area contributed by atoms with Crippen molar-refractivity contribution in [2.75, 3.05) is 32.7 Å². The molecule has 2 aliphatic rings. The van der Waals surface area contributed by atoms with Crippen molar-refractivity contribution in [3.05, 3.63) is 0 Å². The maximum Gasteiger partial charge on any atom is 0.0235 e. The van der Waals surface area contributed by atoms with Crippen molar-refractivity contribution in [3.63, 3.8) is 0 Å². The van der Waals surface area contributed by atoms with Gasteiger partial charge in [0.1, 0.15) is 0 Å². The van der Waals surface area contributed by atoms with E-state index in [2.05, 4.69) is 16.7 Å². The quantitative estimate of drug-likeness (QED) is 0.765. The van der Waals surface area contributed by atoms with E-state index in [1.54, 1.807) is 0 Å². The van der Waals surface area contributed by atoms with Crippen LogP contribution in [0, 0.1) is 0 Å². The maximum absolute atomic E-state index is 6.08. The summed E-state index contributed by atoms with van der Waals surface area (Å²) >= 11 is 0. The summed E-state index contributed by atoms with van der Waals surface area (Å²) in [5.41, 5.74) is 6.08. The molecule has 2 heterocycles. The summed E-state index contributed by atoms with van der Waals surface area (Å²) in [7, 11) is 0. The van der Waals surface area contributed by atoms with Crippen molar-refractivity contribution in [1.29, 1.82) is 0 Å². The molecule has 2 rings (SSSR count). The lowest BCUT2D eigenvalue weighted by atomic mass is 10.1. The molecule has 0 aromatic rings. The number of nitrogens with zero attached hydrogens (tertiary/aromatic N) is 2. The standard InChI is InChI=1S/C14H29N3/c1-2-5-13(15)6-10-16-11-7-14(12-16)17-8-3-4-9-17/h13-14H,2-12,15H2,1H3. The molecule has 2 aliphatic heterocycles. The smallest absolute Gasteiger partial charge is 0.0235 e. The number of hydrogen-bond donors (Lipinski definition) is 1. The topological polar surface area (TPSA) is 32.5 Å². The molecule has 2 saturated heterocycles. The zero-order valence-corrected chi connectivity index (χ0v) is 11.4. The summed E-state index contributed by atoms with van der Waals surface area (Å²) in [6, 6.07) is 1.27. The molecule has 2 fully saturated rings. The molecule has 100 valence electrons. The fraction of sp³-hybridized carbons (Fsp3) is 1.00. The second-order valence-corrected chi connectivity index (χ2v) is 5.82. The summed E-state index contributed by atoms with van der Waals surface area (Å²) in [4.78, 5) is 5.32. The Balaban J connectivity index is 1.63. The summed E-state index contributed by atoms with van der Waals surface area (Å²) < 4.78 is 0. The van der Waals surface area contributed by atoms with Gasteiger partial charge in [-0.1, -0.05) is 13.3 Å². The molecule has 17 heavy (non-hydrogen) atoms. The van der Waals surface area contributed by atoms with Crippen molar-refractivity contribution in [2.45, 2.75) is 57.5 Å². The van der Waals surface area contributed by atoms with Crippen LogP contribution in [-0.2, 0) is 0 Å². The van der Waals surface area contributed by atoms with Crippen molar-refractivity contribution in [2.24, 2.45) is 5.73 Å². The van der Waals surface area contributed by atoms with E-state index in [1.165, 1.54) is 71.2 Å². The summed E-state index contributed by atoms with van der Waals surface area (Å²) in [6.07, 6.45) is 7.79. The Kier molecular flexibility index (Phi) is 5.26. The van der Waals surface area contributed by atoms with Crippen molar-refractivity contribution in [1.82, 2.24) is 9.80 Å². The first-order valence-electron chi connectivity index (χ1n) is 7.51. The molecule has 2 unspecified atom stereocenters. The van der Waals surface area contributed by atoms with Gasteiger partial charge in [-0.15, -0.1) is 0 Å². The zero-order chi connectivity index (χ0) is 12.1. The molecule has 0 aromatic heterocycles. The molecule has 3 heteroatoms. The van der Waals surface area contributed by atoms with Gasteiger partial charge in [0.05, 0.1) is 0 Å². The summed E-state index contributed by atoms with van der Waals surface area (Å²) in [5.74, 6) is 0. The molecule has 0 spiro atoms. The van der Waals surface area contributed by atoms with Crippen LogP contribution in [0.15, 0.2) is 0 Å². The molecular weight excluding hydrogens is 210 g/mol. The van der Waals surface area contributed by atoms with Gasteiger partial charge in [-0.25, -0.2) is 0 Å². The maximum atomic E-state index is 6.08. The van der Waals surface area contributed by atoms with Crippen LogP contribution in [0.4, 0.5) is 0 Å². The Hall–Kier alpha value is -0.120. The number of hydrogen-bond acceptors (Lipinski definition) is 3. The zero-order valence-electron chi connectivity index (χ0n) is 11.4. The van der Waals surface area contributed by atoms with Gasteiger partial charge in [-0.05, 0) is 58.3 Å². The average molecular weight is 239 g/mol. The summed E-state index contributed by atoms with van der Waals surface area (Å²) in [5, 5.41) is 0. The first-order valence-corrected chi connectivity index (χ1v) is 7.51. The lowest BCUT2D eigenvalue weighted by molar-refractivity contribution is 0.229. The van der Waals surface area contributed by atoms with Crippen LogP contribution < -0.4 is 5.73 Å². The first-order chi connectivity index (χ1) is 8.29. The van der Waals surface area contributed by atoms with Crippen LogP contribution >= 0.6 is 0 Å². The van der Waals surface area contributed by atoms with E-state index in [0.29, 0.717) is 6.04 Å². The molecule has 2 atom stereocenters. The Morgan fingerprint density at radius 3 is 2.65 bits per heavy atom. The fourth-order valence-corrected chi connectivity index (χ4v) is 3.28. The van der Waals surface area contributed by atoms with Crippen LogP contribution in [0.3, 0.4) is 0 Å². The van der Waals surface area contributed by atoms with Gasteiger partial charge in [-0.3, -0.25) is 4.90 Å². The minimum atomic E-state index is 0.422. The van der Waals surface area contributed by atoms with Gasteiger partial charge in [0.15, 0.2) is 0 Å². The van der Waals surface area contributed by atoms with Crippen molar-refractivity contribution >= 4 is 0 Å². The fourth-order valence-electron chi connectivity index (χ4n) is 3.28. The lowest BCUT2D eigenvalue weighted by Gasteiger charge is -2.24. The molecule has 0 bridgehead atoms. The van der Waals surface area contributed by atoms with Gasteiger partial charge >= 0.3 is 0 Å². The largest absolute Gasteiger partial charge is 0.328 e. The van der Waals surface area contributed by atoms with Crippen LogP contribution in [0.5, 0.6) is 0 Å². The molecule has 0 amide bonds. The average Bonchev–Trinajstić information content (AvgIpc) is 2.97. The number of nitrogens with two attached hydrogens (primary N) is 1. The van der Waals surface area contributed by atoms with Gasteiger partial charge in [-0.2, -0.15) is 0 Å². The molecular formula is C14H29N3. The van der Waals surface area contributed by atoms with E-state index in [4.69, 9.17) is 5.73 Å². The Labute approximate surface area is 106 Å². The third-order valence-electron chi connectivity index (χ3n) is 4.38. The Morgan fingerprint density at radius 1 is 1.18 bits per heavy atom. The predicted octanol–water partition coefficient (Wildman–Crippen LogP) is 1.67. The Bertz CT molecular complexity index is 214. The molecule has 0 saturated carbocycles. The lowest BCUT2D eigenvalue weighted by Crippen LogP contribution is -2.36. The number of likely N-dealkylation sites (tertiary alicyclic amines) is 2. The first kappa shape index (κ1) is 13.3. The number of rotatable bonds is 6. The minimum absolute atomic E-state index is 0.422.